The summed E-state index contributed by atoms with van der Waals surface area (Å²) in [5, 5.41) is 36.6. The van der Waals surface area contributed by atoms with E-state index in [1.807, 2.05) is 0 Å². The van der Waals surface area contributed by atoms with Crippen LogP contribution in [0.5, 0.6) is 17.2 Å². The van der Waals surface area contributed by atoms with Crippen LogP contribution in [0.1, 0.15) is 29.9 Å². The fourth-order valence-electron chi connectivity index (χ4n) is 9.84. The number of carbonyl (C=O) groups excluding carboxylic acids is 4. The van der Waals surface area contributed by atoms with Gasteiger partial charge in [-0.2, -0.15) is 5.01 Å². The van der Waals surface area contributed by atoms with Crippen molar-refractivity contribution in [1.29, 1.82) is 0 Å². The first kappa shape index (κ1) is 42.3. The van der Waals surface area contributed by atoms with E-state index in [0.29, 0.717) is 27.5 Å². The van der Waals surface area contributed by atoms with Gasteiger partial charge >= 0.3 is 11.4 Å². The fourth-order valence-corrected chi connectivity index (χ4v) is 10.5. The number of nitro benzene ring substituents is 2. The number of allylic oxidation sites excluding steroid dienone is 2. The molecule has 4 aliphatic rings. The summed E-state index contributed by atoms with van der Waals surface area (Å²) < 4.78 is 11.0. The number of phenolic OH excluding ortho intramolecular Hbond substituents is 1. The van der Waals surface area contributed by atoms with E-state index in [4.69, 9.17) is 44.3 Å². The number of anilines is 3. The largest absolute Gasteiger partial charge is 0.503 e. The molecule has 320 valence electrons. The number of halogens is 3. The standard InChI is InChI=1S/C42H35Cl3N6O11/c1-47(2)36-31(50(57)58)16-22(17-32(36)51(59)60)48-38(53)25-11-10-24-26(34(25)40(48)55)18-27-39(54)49(46-30-12-7-21(43)15-28(30)44)41(56)42(27,20-5-8-23(61-3)9-6-20)35(24)19-13-29(45)37(52)33(14-19)62-4/h5-10,12-17,25-27,34-35,46,52H,11,18H2,1-4H3/t25-,26+,27-,34-,35-,42+/m0/s1. The number of carbonyl (C=O) groups is 4. The lowest BCUT2D eigenvalue weighted by molar-refractivity contribution is -0.392. The topological polar surface area (TPSA) is 215 Å². The molecule has 0 radical (unpaired) electrons. The van der Waals surface area contributed by atoms with Crippen LogP contribution >= 0.6 is 34.8 Å². The Hall–Kier alpha value is -6.43. The molecule has 0 aromatic heterocycles. The van der Waals surface area contributed by atoms with Gasteiger partial charge in [0.2, 0.25) is 11.8 Å². The minimum Gasteiger partial charge on any atom is -0.503 e. The summed E-state index contributed by atoms with van der Waals surface area (Å²) in [6.45, 7) is 0. The van der Waals surface area contributed by atoms with Crippen molar-refractivity contribution in [3.63, 3.8) is 0 Å². The minimum atomic E-state index is -1.79. The molecule has 8 rings (SSSR count). The summed E-state index contributed by atoms with van der Waals surface area (Å²) in [4.78, 5) is 84.8. The molecule has 6 atom stereocenters. The number of hydrazine groups is 1. The van der Waals surface area contributed by atoms with Gasteiger partial charge in [-0.1, -0.05) is 58.6 Å². The zero-order valence-electron chi connectivity index (χ0n) is 33.1. The first-order valence-corrected chi connectivity index (χ1v) is 20.1. The molecule has 0 unspecified atom stereocenters. The Morgan fingerprint density at radius 1 is 0.839 bits per heavy atom. The number of methoxy groups -OCH3 is 2. The number of fused-ring (bicyclic) bond motifs is 4. The van der Waals surface area contributed by atoms with Crippen molar-refractivity contribution in [2.75, 3.05) is 43.5 Å². The Morgan fingerprint density at radius 2 is 1.50 bits per heavy atom. The maximum Gasteiger partial charge on any atom is 0.301 e. The van der Waals surface area contributed by atoms with Crippen LogP contribution in [0, 0.1) is 43.9 Å². The van der Waals surface area contributed by atoms with E-state index in [1.165, 1.54) is 63.5 Å². The number of aromatic hydroxyl groups is 1. The van der Waals surface area contributed by atoms with E-state index in [1.54, 1.807) is 30.3 Å². The molecule has 20 heteroatoms. The second kappa shape index (κ2) is 15.5. The molecule has 2 aliphatic heterocycles. The van der Waals surface area contributed by atoms with Gasteiger partial charge in [-0.3, -0.25) is 44.8 Å². The van der Waals surface area contributed by atoms with E-state index >= 15 is 9.59 Å². The van der Waals surface area contributed by atoms with Gasteiger partial charge in [-0.25, -0.2) is 4.90 Å². The number of ether oxygens (including phenoxy) is 2. The van der Waals surface area contributed by atoms with Gasteiger partial charge in [0.05, 0.1) is 68.7 Å². The summed E-state index contributed by atoms with van der Waals surface area (Å²) in [7, 11) is 5.57. The number of amides is 4. The van der Waals surface area contributed by atoms with Crippen molar-refractivity contribution in [1.82, 2.24) is 5.01 Å². The van der Waals surface area contributed by atoms with Crippen LogP contribution in [0.15, 0.2) is 78.4 Å². The molecule has 2 N–H and O–H groups in total. The number of phenols is 1. The summed E-state index contributed by atoms with van der Waals surface area (Å²) in [5.74, 6) is -8.44. The lowest BCUT2D eigenvalue weighted by Gasteiger charge is -2.50. The van der Waals surface area contributed by atoms with Crippen LogP contribution in [0.25, 0.3) is 0 Å². The highest BCUT2D eigenvalue weighted by Gasteiger charge is 2.70. The average molecular weight is 906 g/mol. The second-order valence-electron chi connectivity index (χ2n) is 15.5. The monoisotopic (exact) mass is 904 g/mol. The third-order valence-electron chi connectivity index (χ3n) is 12.3. The van der Waals surface area contributed by atoms with Crippen LogP contribution in [0.2, 0.25) is 15.1 Å². The Balaban J connectivity index is 1.34. The fraction of sp³-hybridized carbons (Fsp3) is 0.286. The molecule has 4 aromatic rings. The van der Waals surface area contributed by atoms with Crippen molar-refractivity contribution in [2.45, 2.75) is 24.2 Å². The number of hydrogen-bond donors (Lipinski definition) is 2. The number of rotatable bonds is 10. The first-order valence-electron chi connectivity index (χ1n) is 19.0. The summed E-state index contributed by atoms with van der Waals surface area (Å²) >= 11 is 19.4. The normalized spacial score (nSPS) is 24.0. The van der Waals surface area contributed by atoms with Crippen LogP contribution in [0.3, 0.4) is 0 Å². The van der Waals surface area contributed by atoms with E-state index in [0.717, 1.165) is 22.0 Å². The highest BCUT2D eigenvalue weighted by atomic mass is 35.5. The van der Waals surface area contributed by atoms with Gasteiger partial charge in [-0.15, -0.1) is 0 Å². The van der Waals surface area contributed by atoms with Crippen molar-refractivity contribution in [3.8, 4) is 17.2 Å². The maximum absolute atomic E-state index is 15.6. The number of nitrogens with zero attached hydrogens (tertiary/aromatic N) is 5. The number of imide groups is 2. The second-order valence-corrected chi connectivity index (χ2v) is 16.8. The van der Waals surface area contributed by atoms with E-state index in [9.17, 15) is 34.9 Å². The summed E-state index contributed by atoms with van der Waals surface area (Å²) in [6, 6.07) is 15.9. The molecule has 0 spiro atoms. The highest BCUT2D eigenvalue weighted by molar-refractivity contribution is 6.36. The lowest BCUT2D eigenvalue weighted by Crippen LogP contribution is -2.53. The molecule has 17 nitrogen and oxygen atoms in total. The molecule has 4 amide bonds. The minimum absolute atomic E-state index is 0.0484. The van der Waals surface area contributed by atoms with Gasteiger partial charge in [-0.05, 0) is 72.4 Å². The van der Waals surface area contributed by atoms with Gasteiger partial charge in [0.1, 0.15) is 5.75 Å². The number of hydrogen-bond acceptors (Lipinski definition) is 13. The number of nitro groups is 2. The Kier molecular flexibility index (Phi) is 10.6. The average Bonchev–Trinajstić information content (AvgIpc) is 3.62. The Labute approximate surface area is 367 Å². The predicted molar refractivity (Wildman–Crippen MR) is 227 cm³/mol. The molecule has 1 saturated carbocycles. The molecular weight excluding hydrogens is 871 g/mol. The van der Waals surface area contributed by atoms with E-state index in [-0.39, 0.29) is 51.4 Å². The van der Waals surface area contributed by atoms with Crippen LogP contribution in [-0.4, -0.2) is 71.9 Å². The van der Waals surface area contributed by atoms with Gasteiger partial charge < -0.3 is 19.5 Å². The van der Waals surface area contributed by atoms with Crippen molar-refractivity contribution in [3.05, 3.63) is 125 Å². The number of benzene rings is 4. The lowest BCUT2D eigenvalue weighted by atomic mass is 9.49. The molecule has 4 aromatic carbocycles. The molecule has 3 fully saturated rings. The van der Waals surface area contributed by atoms with Crippen molar-refractivity contribution in [2.24, 2.45) is 23.7 Å². The quantitative estimate of drug-likeness (QED) is 0.0686. The van der Waals surface area contributed by atoms with Crippen molar-refractivity contribution < 1.29 is 43.6 Å². The molecule has 2 saturated heterocycles. The summed E-state index contributed by atoms with van der Waals surface area (Å²) in [5.41, 5.74) is 0.416. The maximum atomic E-state index is 15.6. The third kappa shape index (κ3) is 6.28. The third-order valence-corrected chi connectivity index (χ3v) is 13.2. The molecule has 0 bridgehead atoms. The van der Waals surface area contributed by atoms with Gasteiger partial charge in [0.25, 0.3) is 11.8 Å². The van der Waals surface area contributed by atoms with Gasteiger partial charge in [0.15, 0.2) is 17.2 Å². The summed E-state index contributed by atoms with van der Waals surface area (Å²) in [6.07, 6.45) is 1.55. The SMILES string of the molecule is COc1ccc([C@@]23C(=O)N(Nc4ccc(Cl)cc4Cl)C(=O)[C@@H]2C[C@@H]2C(=CC[C@@H]4C(=O)N(c5cc([N+](=O)[O-])c(N(C)C)c([N+](=O)[O-])c5)C(=O)[C@@H]42)[C@@H]3c2cc(Cl)c(O)c(OC)c2)cc1. The van der Waals surface area contributed by atoms with Crippen LogP contribution in [0.4, 0.5) is 28.4 Å². The molecular formula is C42H35Cl3N6O11. The predicted octanol–water partition coefficient (Wildman–Crippen LogP) is 7.44. The van der Waals surface area contributed by atoms with Crippen molar-refractivity contribution >= 4 is 86.9 Å². The van der Waals surface area contributed by atoms with Crippen LogP contribution < -0.4 is 24.7 Å². The van der Waals surface area contributed by atoms with E-state index < -0.39 is 79.9 Å². The van der Waals surface area contributed by atoms with Crippen LogP contribution in [-0.2, 0) is 24.6 Å². The smallest absolute Gasteiger partial charge is 0.301 e. The highest BCUT2D eigenvalue weighted by Crippen LogP contribution is 2.65. The molecule has 2 heterocycles. The zero-order valence-corrected chi connectivity index (χ0v) is 35.4. The first-order chi connectivity index (χ1) is 29.4. The molecule has 2 aliphatic carbocycles. The number of nitrogens with one attached hydrogen (secondary N) is 1. The van der Waals surface area contributed by atoms with E-state index in [2.05, 4.69) is 5.43 Å². The zero-order chi connectivity index (χ0) is 44.7. The molecule has 62 heavy (non-hydrogen) atoms. The Bertz CT molecular complexity index is 2640. The van der Waals surface area contributed by atoms with Gasteiger partial charge in [0, 0.05) is 37.2 Å². The Morgan fingerprint density at radius 3 is 2.08 bits per heavy atom.